The van der Waals surface area contributed by atoms with E-state index in [-0.39, 0.29) is 5.82 Å². The predicted octanol–water partition coefficient (Wildman–Crippen LogP) is 3.05. The van der Waals surface area contributed by atoms with Crippen LogP contribution in [-0.2, 0) is 12.8 Å². The van der Waals surface area contributed by atoms with Crippen molar-refractivity contribution in [2.75, 3.05) is 0 Å². The van der Waals surface area contributed by atoms with Crippen LogP contribution in [0.25, 0.3) is 0 Å². The van der Waals surface area contributed by atoms with Gasteiger partial charge in [-0.3, -0.25) is 0 Å². The molecule has 0 bridgehead atoms. The average Bonchev–Trinajstić information content (AvgIpc) is 1.92. The molecule has 0 aromatic heterocycles. The van der Waals surface area contributed by atoms with Crippen LogP contribution in [0.2, 0.25) is 0 Å². The summed E-state index contributed by atoms with van der Waals surface area (Å²) in [4.78, 5) is 0. The molecule has 2 rings (SSSR count). The molecule has 0 nitrogen and oxygen atoms in total. The van der Waals surface area contributed by atoms with Crippen LogP contribution < -0.4 is 0 Å². The van der Waals surface area contributed by atoms with E-state index in [1.165, 1.54) is 5.56 Å². The maximum atomic E-state index is 13.3. The SMILES string of the molecule is CC(C)c1cc(F)c2c(c1)CC2. The molecule has 0 radical (unpaired) electrons. The van der Waals surface area contributed by atoms with Crippen LogP contribution in [-0.4, -0.2) is 0 Å². The smallest absolute Gasteiger partial charge is 0.126 e. The van der Waals surface area contributed by atoms with Crippen LogP contribution in [0, 0.1) is 5.82 Å². The summed E-state index contributed by atoms with van der Waals surface area (Å²) in [6.07, 6.45) is 1.99. The number of hydrogen-bond donors (Lipinski definition) is 0. The first-order valence-electron chi connectivity index (χ1n) is 4.49. The van der Waals surface area contributed by atoms with Crippen molar-refractivity contribution in [2.45, 2.75) is 32.6 Å². The molecule has 1 aromatic rings. The fraction of sp³-hybridized carbons (Fsp3) is 0.455. The summed E-state index contributed by atoms with van der Waals surface area (Å²) in [5.41, 5.74) is 3.30. The second-order valence-corrected chi connectivity index (χ2v) is 3.80. The molecule has 0 heterocycles. The highest BCUT2D eigenvalue weighted by atomic mass is 19.1. The quantitative estimate of drug-likeness (QED) is 0.598. The van der Waals surface area contributed by atoms with Gasteiger partial charge in [0.25, 0.3) is 0 Å². The molecule has 0 spiro atoms. The summed E-state index contributed by atoms with van der Waals surface area (Å²) in [7, 11) is 0. The van der Waals surface area contributed by atoms with Gasteiger partial charge >= 0.3 is 0 Å². The van der Waals surface area contributed by atoms with E-state index in [2.05, 4.69) is 19.9 Å². The topological polar surface area (TPSA) is 0 Å². The Labute approximate surface area is 72.4 Å². The van der Waals surface area contributed by atoms with Crippen molar-refractivity contribution in [3.05, 3.63) is 34.6 Å². The van der Waals surface area contributed by atoms with E-state index < -0.39 is 0 Å². The predicted molar refractivity (Wildman–Crippen MR) is 47.9 cm³/mol. The maximum absolute atomic E-state index is 13.3. The molecule has 0 N–H and O–H groups in total. The van der Waals surface area contributed by atoms with Crippen LogP contribution in [0.1, 0.15) is 36.5 Å². The molecule has 12 heavy (non-hydrogen) atoms. The summed E-state index contributed by atoms with van der Waals surface area (Å²) in [6.45, 7) is 4.19. The molecule has 1 heteroatoms. The van der Waals surface area contributed by atoms with Crippen LogP contribution in [0.15, 0.2) is 12.1 Å². The largest absolute Gasteiger partial charge is 0.207 e. The lowest BCUT2D eigenvalue weighted by molar-refractivity contribution is 0.583. The Balaban J connectivity index is 2.48. The number of aryl methyl sites for hydroxylation is 1. The minimum Gasteiger partial charge on any atom is -0.207 e. The zero-order valence-corrected chi connectivity index (χ0v) is 7.52. The van der Waals surface area contributed by atoms with Gasteiger partial charge in [0, 0.05) is 0 Å². The molecule has 1 aliphatic rings. The zero-order valence-electron chi connectivity index (χ0n) is 7.52. The van der Waals surface area contributed by atoms with Crippen molar-refractivity contribution < 1.29 is 4.39 Å². The molecular weight excluding hydrogens is 151 g/mol. The summed E-state index contributed by atoms with van der Waals surface area (Å²) >= 11 is 0. The second-order valence-electron chi connectivity index (χ2n) is 3.80. The zero-order chi connectivity index (χ0) is 8.72. The first-order chi connectivity index (χ1) is 5.68. The molecule has 1 aliphatic carbocycles. The summed E-state index contributed by atoms with van der Waals surface area (Å²) < 4.78 is 13.3. The third-order valence-electron chi connectivity index (χ3n) is 2.62. The van der Waals surface area contributed by atoms with Crippen molar-refractivity contribution in [1.29, 1.82) is 0 Å². The van der Waals surface area contributed by atoms with Crippen molar-refractivity contribution in [3.63, 3.8) is 0 Å². The maximum Gasteiger partial charge on any atom is 0.126 e. The van der Waals surface area contributed by atoms with Crippen LogP contribution in [0.4, 0.5) is 4.39 Å². The summed E-state index contributed by atoms with van der Waals surface area (Å²) in [5, 5.41) is 0. The van der Waals surface area contributed by atoms with Gasteiger partial charge in [0.2, 0.25) is 0 Å². The Morgan fingerprint density at radius 1 is 1.25 bits per heavy atom. The van der Waals surface area contributed by atoms with E-state index in [1.54, 1.807) is 6.07 Å². The number of fused-ring (bicyclic) bond motifs is 1. The Morgan fingerprint density at radius 2 is 2.00 bits per heavy atom. The van der Waals surface area contributed by atoms with Crippen molar-refractivity contribution in [3.8, 4) is 0 Å². The lowest BCUT2D eigenvalue weighted by Gasteiger charge is -2.21. The molecule has 0 amide bonds. The minimum atomic E-state index is 0.00227. The van der Waals surface area contributed by atoms with Gasteiger partial charge in [0.05, 0.1) is 0 Å². The molecular formula is C11H13F. The molecule has 0 atom stereocenters. The van der Waals surface area contributed by atoms with Gasteiger partial charge in [0.15, 0.2) is 0 Å². The van der Waals surface area contributed by atoms with Gasteiger partial charge in [-0.15, -0.1) is 0 Å². The number of hydrogen-bond acceptors (Lipinski definition) is 0. The number of rotatable bonds is 1. The van der Waals surface area contributed by atoms with Gasteiger partial charge in [0.1, 0.15) is 5.82 Å². The minimum absolute atomic E-state index is 0.00227. The van der Waals surface area contributed by atoms with Crippen molar-refractivity contribution >= 4 is 0 Å². The van der Waals surface area contributed by atoms with E-state index in [1.807, 2.05) is 0 Å². The van der Waals surface area contributed by atoms with Gasteiger partial charge < -0.3 is 0 Å². The first-order valence-corrected chi connectivity index (χ1v) is 4.49. The third-order valence-corrected chi connectivity index (χ3v) is 2.62. The lowest BCUT2D eigenvalue weighted by atomic mass is 9.85. The van der Waals surface area contributed by atoms with E-state index in [0.29, 0.717) is 5.92 Å². The molecule has 0 aliphatic heterocycles. The highest BCUT2D eigenvalue weighted by molar-refractivity contribution is 5.40. The van der Waals surface area contributed by atoms with Crippen molar-refractivity contribution in [2.24, 2.45) is 0 Å². The normalized spacial score (nSPS) is 14.3. The van der Waals surface area contributed by atoms with E-state index in [0.717, 1.165) is 24.0 Å². The fourth-order valence-electron chi connectivity index (χ4n) is 1.64. The fourth-order valence-corrected chi connectivity index (χ4v) is 1.64. The average molecular weight is 164 g/mol. The Morgan fingerprint density at radius 3 is 2.42 bits per heavy atom. The van der Waals surface area contributed by atoms with Gasteiger partial charge in [-0.05, 0) is 41.5 Å². The summed E-state index contributed by atoms with van der Waals surface area (Å²) in [6, 6.07) is 3.83. The van der Waals surface area contributed by atoms with Crippen LogP contribution in [0.5, 0.6) is 0 Å². The molecule has 0 unspecified atom stereocenters. The van der Waals surface area contributed by atoms with E-state index in [9.17, 15) is 4.39 Å². The third kappa shape index (κ3) is 1.04. The highest BCUT2D eigenvalue weighted by Crippen LogP contribution is 2.29. The summed E-state index contributed by atoms with van der Waals surface area (Å²) in [5.74, 6) is 0.438. The monoisotopic (exact) mass is 164 g/mol. The van der Waals surface area contributed by atoms with Gasteiger partial charge in [-0.2, -0.15) is 0 Å². The van der Waals surface area contributed by atoms with Crippen LogP contribution >= 0.6 is 0 Å². The van der Waals surface area contributed by atoms with Gasteiger partial charge in [-0.25, -0.2) is 4.39 Å². The standard InChI is InChI=1S/C11H13F/c1-7(2)9-5-8-3-4-10(8)11(12)6-9/h5-7H,3-4H2,1-2H3. The highest BCUT2D eigenvalue weighted by Gasteiger charge is 2.18. The second kappa shape index (κ2) is 2.58. The lowest BCUT2D eigenvalue weighted by Crippen LogP contribution is -2.12. The van der Waals surface area contributed by atoms with Gasteiger partial charge in [-0.1, -0.05) is 19.9 Å². The molecule has 0 saturated carbocycles. The van der Waals surface area contributed by atoms with Crippen molar-refractivity contribution in [1.82, 2.24) is 0 Å². The van der Waals surface area contributed by atoms with E-state index in [4.69, 9.17) is 0 Å². The molecule has 64 valence electrons. The molecule has 0 saturated heterocycles. The van der Waals surface area contributed by atoms with Crippen LogP contribution in [0.3, 0.4) is 0 Å². The number of halogens is 1. The number of benzene rings is 1. The molecule has 1 aromatic carbocycles. The first kappa shape index (κ1) is 7.78. The Hall–Kier alpha value is -0.850. The molecule has 0 fully saturated rings. The Bertz CT molecular complexity index is 296. The Kier molecular flexibility index (Phi) is 1.67. The van der Waals surface area contributed by atoms with E-state index >= 15 is 0 Å².